The van der Waals surface area contributed by atoms with E-state index < -0.39 is 0 Å². The van der Waals surface area contributed by atoms with Gasteiger partial charge in [-0.25, -0.2) is 0 Å². The molecule has 0 saturated heterocycles. The van der Waals surface area contributed by atoms with Gasteiger partial charge in [0.2, 0.25) is 0 Å². The van der Waals surface area contributed by atoms with Gasteiger partial charge in [0.15, 0.2) is 0 Å². The van der Waals surface area contributed by atoms with E-state index in [2.05, 4.69) is 54.6 Å². The summed E-state index contributed by atoms with van der Waals surface area (Å²) >= 11 is 0. The Kier molecular flexibility index (Phi) is 2.34. The highest BCUT2D eigenvalue weighted by Gasteiger charge is 2.09. The fraction of sp³-hybridized carbons (Fsp3) is 0.0588. The van der Waals surface area contributed by atoms with Gasteiger partial charge in [0, 0.05) is 0 Å². The van der Waals surface area contributed by atoms with Crippen molar-refractivity contribution in [1.82, 2.24) is 0 Å². The smallest absolute Gasteiger partial charge is 0.146 e. The van der Waals surface area contributed by atoms with Gasteiger partial charge in [0.1, 0.15) is 10.5 Å². The van der Waals surface area contributed by atoms with E-state index in [0.717, 1.165) is 17.1 Å². The van der Waals surface area contributed by atoms with Gasteiger partial charge in [0.05, 0.1) is 6.61 Å². The summed E-state index contributed by atoms with van der Waals surface area (Å²) in [5.41, 5.74) is 1.29. The highest BCUT2D eigenvalue weighted by atomic mass is 28.2. The van der Waals surface area contributed by atoms with Gasteiger partial charge in [-0.05, 0) is 37.9 Å². The average Bonchev–Trinajstić information content (AvgIpc) is 2.46. The fourth-order valence-corrected chi connectivity index (χ4v) is 3.39. The van der Waals surface area contributed by atoms with Crippen LogP contribution in [0.15, 0.2) is 54.6 Å². The standard InChI is InChI=1S/C17H14OSi/c19-18-10-14-7-6-13-5-4-11-2-1-3-12-8-9-15(14)17(13)16(11)12/h1-9H,10H2,19H3. The van der Waals surface area contributed by atoms with Gasteiger partial charge in [0.25, 0.3) is 0 Å². The first-order valence-corrected chi connectivity index (χ1v) is 7.34. The van der Waals surface area contributed by atoms with Gasteiger partial charge in [-0.2, -0.15) is 0 Å². The molecule has 0 aliphatic carbocycles. The lowest BCUT2D eigenvalue weighted by Gasteiger charge is -2.13. The van der Waals surface area contributed by atoms with Crippen LogP contribution in [0.3, 0.4) is 0 Å². The number of benzene rings is 4. The van der Waals surface area contributed by atoms with Gasteiger partial charge in [-0.1, -0.05) is 54.6 Å². The zero-order valence-electron chi connectivity index (χ0n) is 10.8. The highest BCUT2D eigenvalue weighted by molar-refractivity contribution is 6.23. The number of hydrogen-bond donors (Lipinski definition) is 0. The second-order valence-electron chi connectivity index (χ2n) is 5.01. The van der Waals surface area contributed by atoms with Gasteiger partial charge in [-0.3, -0.25) is 0 Å². The molecule has 0 aromatic heterocycles. The lowest BCUT2D eigenvalue weighted by molar-refractivity contribution is 0.340. The Labute approximate surface area is 114 Å². The van der Waals surface area contributed by atoms with Crippen LogP contribution in [-0.4, -0.2) is 10.5 Å². The molecular weight excluding hydrogens is 248 g/mol. The molecule has 0 aliphatic heterocycles. The molecule has 0 radical (unpaired) electrons. The van der Waals surface area contributed by atoms with Crippen molar-refractivity contribution in [3.05, 3.63) is 60.2 Å². The molecular formula is C17H14OSi. The molecule has 0 amide bonds. The molecule has 0 atom stereocenters. The molecule has 4 rings (SSSR count). The zero-order chi connectivity index (χ0) is 12.8. The lowest BCUT2D eigenvalue weighted by atomic mass is 9.92. The van der Waals surface area contributed by atoms with Crippen LogP contribution in [0.1, 0.15) is 5.56 Å². The molecule has 0 heterocycles. The summed E-state index contributed by atoms with van der Waals surface area (Å²) < 4.78 is 5.46. The summed E-state index contributed by atoms with van der Waals surface area (Å²) in [7, 11) is 0.780. The van der Waals surface area contributed by atoms with Gasteiger partial charge < -0.3 is 4.43 Å². The van der Waals surface area contributed by atoms with Gasteiger partial charge in [-0.15, -0.1) is 0 Å². The van der Waals surface area contributed by atoms with Crippen molar-refractivity contribution in [2.75, 3.05) is 0 Å². The van der Waals surface area contributed by atoms with E-state index in [0.29, 0.717) is 0 Å². The van der Waals surface area contributed by atoms with Crippen LogP contribution in [-0.2, 0) is 11.0 Å². The van der Waals surface area contributed by atoms with Crippen LogP contribution < -0.4 is 0 Å². The van der Waals surface area contributed by atoms with E-state index >= 15 is 0 Å². The fourth-order valence-electron chi connectivity index (χ4n) is 3.08. The van der Waals surface area contributed by atoms with Crippen LogP contribution in [0.25, 0.3) is 32.3 Å². The Morgan fingerprint density at radius 3 is 2.11 bits per heavy atom. The van der Waals surface area contributed by atoms with Crippen LogP contribution in [0, 0.1) is 0 Å². The molecule has 19 heavy (non-hydrogen) atoms. The average molecular weight is 262 g/mol. The van der Waals surface area contributed by atoms with Crippen molar-refractivity contribution in [2.45, 2.75) is 6.61 Å². The quantitative estimate of drug-likeness (QED) is 0.397. The number of rotatable bonds is 2. The molecule has 1 nitrogen and oxygen atoms in total. The predicted molar refractivity (Wildman–Crippen MR) is 84.9 cm³/mol. The van der Waals surface area contributed by atoms with Crippen LogP contribution in [0.4, 0.5) is 0 Å². The largest absolute Gasteiger partial charge is 0.424 e. The molecule has 0 aliphatic rings. The van der Waals surface area contributed by atoms with E-state index in [-0.39, 0.29) is 0 Å². The molecule has 4 aromatic carbocycles. The first kappa shape index (κ1) is 11.0. The van der Waals surface area contributed by atoms with E-state index in [4.69, 9.17) is 4.43 Å². The Morgan fingerprint density at radius 1 is 0.737 bits per heavy atom. The molecule has 0 unspecified atom stereocenters. The van der Waals surface area contributed by atoms with E-state index in [1.54, 1.807) is 0 Å². The molecule has 0 saturated carbocycles. The molecule has 92 valence electrons. The molecule has 2 heteroatoms. The van der Waals surface area contributed by atoms with Gasteiger partial charge >= 0.3 is 0 Å². The SMILES string of the molecule is [SiH3]OCc1ccc2ccc3cccc4ccc1c2c34. The molecule has 0 spiro atoms. The first-order chi connectivity index (χ1) is 9.38. The minimum atomic E-state index is 0.723. The maximum absolute atomic E-state index is 5.46. The Hall–Kier alpha value is -1.90. The van der Waals surface area contributed by atoms with Crippen LogP contribution in [0.5, 0.6) is 0 Å². The molecule has 0 bridgehead atoms. The summed E-state index contributed by atoms with van der Waals surface area (Å²) in [6.45, 7) is 0.723. The monoisotopic (exact) mass is 262 g/mol. The van der Waals surface area contributed by atoms with Crippen molar-refractivity contribution in [1.29, 1.82) is 0 Å². The van der Waals surface area contributed by atoms with Crippen molar-refractivity contribution < 1.29 is 4.43 Å². The number of hydrogen-bond acceptors (Lipinski definition) is 1. The summed E-state index contributed by atoms with van der Waals surface area (Å²) in [5, 5.41) is 8.05. The molecule has 0 N–H and O–H groups in total. The van der Waals surface area contributed by atoms with Crippen LogP contribution >= 0.6 is 0 Å². The summed E-state index contributed by atoms with van der Waals surface area (Å²) in [4.78, 5) is 0. The highest BCUT2D eigenvalue weighted by Crippen LogP contribution is 2.35. The second kappa shape index (κ2) is 4.05. The molecule has 4 aromatic rings. The normalized spacial score (nSPS) is 12.0. The minimum Gasteiger partial charge on any atom is -0.424 e. The lowest BCUT2D eigenvalue weighted by Crippen LogP contribution is -1.92. The van der Waals surface area contributed by atoms with Crippen molar-refractivity contribution in [2.24, 2.45) is 0 Å². The van der Waals surface area contributed by atoms with Crippen molar-refractivity contribution >= 4 is 42.8 Å². The summed E-state index contributed by atoms with van der Waals surface area (Å²) in [6.07, 6.45) is 0. The Morgan fingerprint density at radius 2 is 1.37 bits per heavy atom. The van der Waals surface area contributed by atoms with E-state index in [1.807, 2.05) is 0 Å². The third kappa shape index (κ3) is 1.51. The third-order valence-electron chi connectivity index (χ3n) is 3.92. The van der Waals surface area contributed by atoms with Crippen molar-refractivity contribution in [3.8, 4) is 0 Å². The second-order valence-corrected chi connectivity index (χ2v) is 5.59. The predicted octanol–water partition coefficient (Wildman–Crippen LogP) is 3.38. The molecule has 0 fully saturated rings. The minimum absolute atomic E-state index is 0.723. The maximum atomic E-state index is 5.46. The topological polar surface area (TPSA) is 9.23 Å². The zero-order valence-corrected chi connectivity index (χ0v) is 12.8. The summed E-state index contributed by atoms with van der Waals surface area (Å²) in [5.74, 6) is 0. The maximum Gasteiger partial charge on any atom is 0.146 e. The first-order valence-electron chi connectivity index (χ1n) is 6.53. The summed E-state index contributed by atoms with van der Waals surface area (Å²) in [6, 6.07) is 19.8. The third-order valence-corrected chi connectivity index (χ3v) is 4.21. The Balaban J connectivity index is 2.28. The van der Waals surface area contributed by atoms with E-state index in [9.17, 15) is 0 Å². The van der Waals surface area contributed by atoms with E-state index in [1.165, 1.54) is 37.9 Å². The van der Waals surface area contributed by atoms with Crippen molar-refractivity contribution in [3.63, 3.8) is 0 Å². The Bertz CT molecular complexity index is 866. The van der Waals surface area contributed by atoms with Crippen LogP contribution in [0.2, 0.25) is 0 Å².